The summed E-state index contributed by atoms with van der Waals surface area (Å²) in [7, 11) is 0. The maximum absolute atomic E-state index is 10.7. The van der Waals surface area contributed by atoms with Gasteiger partial charge in [0.1, 0.15) is 11.5 Å². The monoisotopic (exact) mass is 713 g/mol. The largest absolute Gasteiger partial charge is 0.506 e. The molecule has 0 aliphatic rings. The molecule has 0 unspecified atom stereocenters. The molecule has 0 fully saturated rings. The van der Waals surface area contributed by atoms with Gasteiger partial charge in [-0.25, -0.2) is 9.97 Å². The molecule has 0 atom stereocenters. The zero-order valence-corrected chi connectivity index (χ0v) is 23.8. The number of hydrogen-bond donors (Lipinski definition) is 2. The first-order chi connectivity index (χ1) is 19.7. The minimum absolute atomic E-state index is 0. The summed E-state index contributed by atoms with van der Waals surface area (Å²) >= 11 is 0. The third-order valence-corrected chi connectivity index (χ3v) is 7.08. The second kappa shape index (κ2) is 10.9. The molecule has 200 valence electrons. The number of aromatic nitrogens is 4. The maximum atomic E-state index is 10.7. The van der Waals surface area contributed by atoms with Crippen molar-refractivity contribution >= 4 is 21.8 Å². The molecule has 0 aliphatic carbocycles. The molecule has 7 rings (SSSR count). The van der Waals surface area contributed by atoms with Crippen LogP contribution in [0, 0.1) is 0 Å². The van der Waals surface area contributed by atoms with Gasteiger partial charge >= 0.3 is 0 Å². The van der Waals surface area contributed by atoms with Crippen LogP contribution in [-0.2, 0) is 21.1 Å². The molecule has 6 nitrogen and oxygen atoms in total. The van der Waals surface area contributed by atoms with Crippen molar-refractivity contribution in [2.75, 3.05) is 0 Å². The van der Waals surface area contributed by atoms with Crippen molar-refractivity contribution in [1.82, 2.24) is 19.9 Å². The van der Waals surface area contributed by atoms with Crippen molar-refractivity contribution in [1.29, 1.82) is 0 Å². The van der Waals surface area contributed by atoms with Crippen molar-refractivity contribution in [3.05, 3.63) is 122 Å². The third kappa shape index (κ3) is 4.73. The zero-order valence-electron chi connectivity index (χ0n) is 21.5. The molecule has 0 amide bonds. The van der Waals surface area contributed by atoms with Crippen LogP contribution in [0.15, 0.2) is 122 Å². The number of fused-ring (bicyclic) bond motifs is 3. The van der Waals surface area contributed by atoms with Gasteiger partial charge in [0.2, 0.25) is 0 Å². The predicted molar refractivity (Wildman–Crippen MR) is 158 cm³/mol. The first kappa shape index (κ1) is 26.3. The van der Waals surface area contributed by atoms with Crippen molar-refractivity contribution in [3.8, 4) is 56.3 Å². The fourth-order valence-corrected chi connectivity index (χ4v) is 5.17. The molecular weight excluding hydrogens is 691 g/mol. The van der Waals surface area contributed by atoms with Crippen molar-refractivity contribution < 1.29 is 31.3 Å². The summed E-state index contributed by atoms with van der Waals surface area (Å²) in [5, 5.41) is 23.2. The van der Waals surface area contributed by atoms with E-state index < -0.39 is 0 Å². The van der Waals surface area contributed by atoms with Crippen LogP contribution in [0.1, 0.15) is 0 Å². The topological polar surface area (TPSA) is 92.0 Å². The molecule has 0 bridgehead atoms. The van der Waals surface area contributed by atoms with Crippen LogP contribution in [0.2, 0.25) is 0 Å². The molecule has 0 aliphatic heterocycles. The van der Waals surface area contributed by atoms with Crippen LogP contribution < -0.4 is 0 Å². The molecule has 4 heterocycles. The van der Waals surface area contributed by atoms with Crippen LogP contribution in [0.4, 0.5) is 0 Å². The van der Waals surface area contributed by atoms with Gasteiger partial charge < -0.3 is 10.2 Å². The van der Waals surface area contributed by atoms with E-state index in [1.165, 1.54) is 12.4 Å². The predicted octanol–water partition coefficient (Wildman–Crippen LogP) is 7.65. The van der Waals surface area contributed by atoms with Gasteiger partial charge in [-0.2, -0.15) is 0 Å². The summed E-state index contributed by atoms with van der Waals surface area (Å²) in [6.45, 7) is 0. The zero-order chi connectivity index (χ0) is 27.1. The van der Waals surface area contributed by atoms with Gasteiger partial charge in [-0.05, 0) is 46.5 Å². The standard InChI is InChI=1S/C34H22N4O2.Pt/c39-31-19-35-15-13-25(31)29-17-27(21-7-3-1-4-8-21)23-11-12-24-28(22-9-5-2-6-10-22)18-30(38-34(24)33(23)37-29)26-14-16-36-20-32(26)40;/h1-20,39-40H;. The Morgan fingerprint density at radius 2 is 0.878 bits per heavy atom. The summed E-state index contributed by atoms with van der Waals surface area (Å²) in [4.78, 5) is 18.3. The molecule has 41 heavy (non-hydrogen) atoms. The number of aromatic hydroxyl groups is 2. The Morgan fingerprint density at radius 1 is 0.463 bits per heavy atom. The van der Waals surface area contributed by atoms with E-state index in [1.54, 1.807) is 24.5 Å². The first-order valence-corrected chi connectivity index (χ1v) is 12.8. The summed E-state index contributed by atoms with van der Waals surface area (Å²) < 4.78 is 0. The average molecular weight is 714 g/mol. The molecule has 0 spiro atoms. The molecule has 0 radical (unpaired) electrons. The third-order valence-electron chi connectivity index (χ3n) is 7.08. The average Bonchev–Trinajstić information content (AvgIpc) is 3.01. The van der Waals surface area contributed by atoms with Gasteiger partial charge in [-0.15, -0.1) is 0 Å². The van der Waals surface area contributed by atoms with E-state index in [0.29, 0.717) is 33.5 Å². The van der Waals surface area contributed by atoms with Crippen LogP contribution in [-0.4, -0.2) is 30.1 Å². The first-order valence-electron chi connectivity index (χ1n) is 12.8. The quantitative estimate of drug-likeness (QED) is 0.182. The molecule has 2 N–H and O–H groups in total. The SMILES string of the molecule is Oc1cnccc1-c1cc(-c2ccccc2)c2ccc3c(-c4ccccc4)cc(-c4ccncc4O)nc3c2n1.[Pt]. The minimum Gasteiger partial charge on any atom is -0.506 e. The number of benzene rings is 3. The van der Waals surface area contributed by atoms with Crippen LogP contribution in [0.5, 0.6) is 11.5 Å². The summed E-state index contributed by atoms with van der Waals surface area (Å²) in [5.74, 6) is 0.0999. The Balaban J connectivity index is 0.00000302. The van der Waals surface area contributed by atoms with E-state index in [9.17, 15) is 10.2 Å². The van der Waals surface area contributed by atoms with Gasteiger partial charge in [-0.1, -0.05) is 72.8 Å². The molecular formula is C34H22N4O2Pt. The van der Waals surface area contributed by atoms with Crippen LogP contribution in [0.3, 0.4) is 0 Å². The van der Waals surface area contributed by atoms with E-state index >= 15 is 0 Å². The van der Waals surface area contributed by atoms with E-state index in [-0.39, 0.29) is 32.6 Å². The van der Waals surface area contributed by atoms with Crippen molar-refractivity contribution in [2.24, 2.45) is 0 Å². The van der Waals surface area contributed by atoms with Gasteiger partial charge in [0.15, 0.2) is 0 Å². The molecule has 7 heteroatoms. The Kier molecular flexibility index (Phi) is 7.00. The van der Waals surface area contributed by atoms with Gasteiger partial charge in [-0.3, -0.25) is 9.97 Å². The van der Waals surface area contributed by atoms with Gasteiger partial charge in [0.25, 0.3) is 0 Å². The molecule has 7 aromatic rings. The second-order valence-corrected chi connectivity index (χ2v) is 9.49. The van der Waals surface area contributed by atoms with Crippen LogP contribution in [0.25, 0.3) is 66.6 Å². The van der Waals surface area contributed by atoms with E-state index in [2.05, 4.69) is 46.4 Å². The Morgan fingerprint density at radius 3 is 1.27 bits per heavy atom. The van der Waals surface area contributed by atoms with E-state index in [0.717, 1.165) is 33.0 Å². The summed E-state index contributed by atoms with van der Waals surface area (Å²) in [6.07, 6.45) is 6.12. The van der Waals surface area contributed by atoms with Gasteiger partial charge in [0.05, 0.1) is 34.8 Å². The summed E-state index contributed by atoms with van der Waals surface area (Å²) in [6, 6.07) is 31.9. The Bertz CT molecular complexity index is 1890. The minimum atomic E-state index is 0. The van der Waals surface area contributed by atoms with E-state index in [1.807, 2.05) is 48.5 Å². The second-order valence-electron chi connectivity index (χ2n) is 9.49. The fraction of sp³-hybridized carbons (Fsp3) is 0. The molecule has 4 aromatic heterocycles. The number of nitrogens with zero attached hydrogens (tertiary/aromatic N) is 4. The number of rotatable bonds is 4. The van der Waals surface area contributed by atoms with Crippen molar-refractivity contribution in [2.45, 2.75) is 0 Å². The normalized spacial score (nSPS) is 10.9. The fourth-order valence-electron chi connectivity index (χ4n) is 5.17. The maximum Gasteiger partial charge on any atom is 0.143 e. The van der Waals surface area contributed by atoms with E-state index in [4.69, 9.17) is 9.97 Å². The summed E-state index contributed by atoms with van der Waals surface area (Å²) in [5.41, 5.74) is 7.76. The Labute approximate surface area is 250 Å². The van der Waals surface area contributed by atoms with Crippen LogP contribution >= 0.6 is 0 Å². The number of hydrogen-bond acceptors (Lipinski definition) is 6. The number of pyridine rings is 4. The molecule has 0 saturated heterocycles. The van der Waals surface area contributed by atoms with Gasteiger partial charge in [0, 0.05) is 55.4 Å². The molecule has 3 aromatic carbocycles. The Hall–Kier alpha value is -4.93. The smallest absolute Gasteiger partial charge is 0.143 e. The molecule has 0 saturated carbocycles. The van der Waals surface area contributed by atoms with Crippen molar-refractivity contribution in [3.63, 3.8) is 0 Å².